The van der Waals surface area contributed by atoms with Crippen molar-refractivity contribution in [3.05, 3.63) is 58.6 Å². The van der Waals surface area contributed by atoms with E-state index in [1.165, 1.54) is 0 Å². The van der Waals surface area contributed by atoms with Crippen LogP contribution in [0.25, 0.3) is 0 Å². The third-order valence-corrected chi connectivity index (χ3v) is 3.02. The van der Waals surface area contributed by atoms with Crippen LogP contribution in [-0.4, -0.2) is 0 Å². The Labute approximate surface area is 111 Å². The van der Waals surface area contributed by atoms with Crippen LogP contribution in [0.5, 0.6) is 11.5 Å². The minimum absolute atomic E-state index is 0.416. The topological polar surface area (TPSA) is 9.23 Å². The third-order valence-electron chi connectivity index (χ3n) is 2.42. The van der Waals surface area contributed by atoms with Gasteiger partial charge < -0.3 is 4.74 Å². The van der Waals surface area contributed by atoms with E-state index in [1.807, 2.05) is 49.4 Å². The van der Waals surface area contributed by atoms with E-state index < -0.39 is 0 Å². The molecule has 0 aromatic heterocycles. The van der Waals surface area contributed by atoms with Gasteiger partial charge in [-0.3, -0.25) is 0 Å². The van der Waals surface area contributed by atoms with Gasteiger partial charge in [0.05, 0.1) is 10.9 Å². The first kappa shape index (κ1) is 12.3. The average molecular weight is 267 g/mol. The van der Waals surface area contributed by atoms with Crippen LogP contribution in [0.2, 0.25) is 5.02 Å². The molecule has 0 fully saturated rings. The fourth-order valence-electron chi connectivity index (χ4n) is 1.52. The monoisotopic (exact) mass is 266 g/mol. The largest absolute Gasteiger partial charge is 0.455 e. The summed E-state index contributed by atoms with van der Waals surface area (Å²) in [6, 6.07) is 13.4. The summed E-state index contributed by atoms with van der Waals surface area (Å²) in [6.45, 7) is 2.00. The Morgan fingerprint density at radius 1 is 1.06 bits per heavy atom. The first-order valence-electron chi connectivity index (χ1n) is 5.28. The molecule has 0 heterocycles. The predicted octanol–water partition coefficient (Wildman–Crippen LogP) is 5.18. The highest BCUT2D eigenvalue weighted by Gasteiger charge is 2.06. The Bertz CT molecular complexity index is 523. The molecular weight excluding hydrogens is 255 g/mol. The zero-order valence-corrected chi connectivity index (χ0v) is 10.9. The fourth-order valence-corrected chi connectivity index (χ4v) is 1.90. The SMILES string of the molecule is Cc1ccc(Cl)c(Oc2ccccc2CCl)c1. The number of hydrogen-bond donors (Lipinski definition) is 0. The molecule has 1 nitrogen and oxygen atoms in total. The molecule has 0 aliphatic heterocycles. The Kier molecular flexibility index (Phi) is 3.93. The van der Waals surface area contributed by atoms with Gasteiger partial charge in [0.1, 0.15) is 11.5 Å². The Morgan fingerprint density at radius 2 is 1.82 bits per heavy atom. The minimum atomic E-state index is 0.416. The van der Waals surface area contributed by atoms with Crippen molar-refractivity contribution < 1.29 is 4.74 Å². The van der Waals surface area contributed by atoms with Gasteiger partial charge >= 0.3 is 0 Å². The van der Waals surface area contributed by atoms with E-state index in [-0.39, 0.29) is 0 Å². The lowest BCUT2D eigenvalue weighted by Crippen LogP contribution is -1.90. The van der Waals surface area contributed by atoms with Crippen molar-refractivity contribution in [1.29, 1.82) is 0 Å². The van der Waals surface area contributed by atoms with Crippen LogP contribution in [-0.2, 0) is 5.88 Å². The highest BCUT2D eigenvalue weighted by Crippen LogP contribution is 2.32. The first-order chi connectivity index (χ1) is 8.20. The molecular formula is C14H12Cl2O. The van der Waals surface area contributed by atoms with E-state index in [2.05, 4.69) is 0 Å². The maximum Gasteiger partial charge on any atom is 0.146 e. The van der Waals surface area contributed by atoms with Crippen molar-refractivity contribution in [3.63, 3.8) is 0 Å². The Hall–Kier alpha value is -1.18. The van der Waals surface area contributed by atoms with Crippen LogP contribution in [0, 0.1) is 6.92 Å². The molecule has 88 valence electrons. The van der Waals surface area contributed by atoms with Gasteiger partial charge in [0.25, 0.3) is 0 Å². The van der Waals surface area contributed by atoms with Gasteiger partial charge in [-0.1, -0.05) is 35.9 Å². The predicted molar refractivity (Wildman–Crippen MR) is 72.3 cm³/mol. The lowest BCUT2D eigenvalue weighted by molar-refractivity contribution is 0.478. The summed E-state index contributed by atoms with van der Waals surface area (Å²) in [5, 5.41) is 0.597. The van der Waals surface area contributed by atoms with E-state index in [9.17, 15) is 0 Å². The number of benzene rings is 2. The van der Waals surface area contributed by atoms with Crippen molar-refractivity contribution in [2.24, 2.45) is 0 Å². The number of hydrogen-bond acceptors (Lipinski definition) is 1. The Balaban J connectivity index is 2.34. The molecule has 0 spiro atoms. The minimum Gasteiger partial charge on any atom is -0.455 e. The number of para-hydroxylation sites is 1. The second-order valence-electron chi connectivity index (χ2n) is 3.78. The average Bonchev–Trinajstić information content (AvgIpc) is 2.34. The molecule has 0 N–H and O–H groups in total. The van der Waals surface area contributed by atoms with Gasteiger partial charge in [0.2, 0.25) is 0 Å². The summed E-state index contributed by atoms with van der Waals surface area (Å²) in [4.78, 5) is 0. The molecule has 0 radical (unpaired) electrons. The van der Waals surface area contributed by atoms with E-state index in [0.29, 0.717) is 16.7 Å². The summed E-state index contributed by atoms with van der Waals surface area (Å²) in [7, 11) is 0. The highest BCUT2D eigenvalue weighted by atomic mass is 35.5. The van der Waals surface area contributed by atoms with Gasteiger partial charge in [-0.25, -0.2) is 0 Å². The van der Waals surface area contributed by atoms with Crippen LogP contribution in [0.4, 0.5) is 0 Å². The number of halogens is 2. The first-order valence-corrected chi connectivity index (χ1v) is 6.20. The van der Waals surface area contributed by atoms with Crippen LogP contribution in [0.1, 0.15) is 11.1 Å². The van der Waals surface area contributed by atoms with E-state index in [1.54, 1.807) is 0 Å². The molecule has 0 aliphatic rings. The second-order valence-corrected chi connectivity index (χ2v) is 4.45. The van der Waals surface area contributed by atoms with Crippen LogP contribution in [0.3, 0.4) is 0 Å². The van der Waals surface area contributed by atoms with Gasteiger partial charge in [-0.15, -0.1) is 11.6 Å². The molecule has 3 heteroatoms. The zero-order valence-electron chi connectivity index (χ0n) is 9.41. The fraction of sp³-hybridized carbons (Fsp3) is 0.143. The van der Waals surface area contributed by atoms with Crippen molar-refractivity contribution in [2.75, 3.05) is 0 Å². The van der Waals surface area contributed by atoms with Crippen LogP contribution in [0.15, 0.2) is 42.5 Å². The molecule has 17 heavy (non-hydrogen) atoms. The standard InChI is InChI=1S/C14H12Cl2O/c1-10-6-7-12(16)14(8-10)17-13-5-3-2-4-11(13)9-15/h2-8H,9H2,1H3. The molecule has 0 bridgehead atoms. The number of ether oxygens (including phenoxy) is 1. The van der Waals surface area contributed by atoms with Crippen molar-refractivity contribution >= 4 is 23.2 Å². The molecule has 2 aromatic rings. The van der Waals surface area contributed by atoms with Crippen LogP contribution < -0.4 is 4.74 Å². The summed E-state index contributed by atoms with van der Waals surface area (Å²) in [5.74, 6) is 1.82. The smallest absolute Gasteiger partial charge is 0.146 e. The summed E-state index contributed by atoms with van der Waals surface area (Å²) >= 11 is 11.9. The van der Waals surface area contributed by atoms with Crippen LogP contribution >= 0.6 is 23.2 Å². The van der Waals surface area contributed by atoms with E-state index in [4.69, 9.17) is 27.9 Å². The number of rotatable bonds is 3. The molecule has 0 aliphatic carbocycles. The number of alkyl halides is 1. The molecule has 0 amide bonds. The van der Waals surface area contributed by atoms with Gasteiger partial charge in [-0.05, 0) is 30.7 Å². The number of aryl methyl sites for hydroxylation is 1. The lowest BCUT2D eigenvalue weighted by Gasteiger charge is -2.11. The summed E-state index contributed by atoms with van der Waals surface area (Å²) in [6.07, 6.45) is 0. The maximum absolute atomic E-state index is 6.08. The molecule has 0 unspecified atom stereocenters. The van der Waals surface area contributed by atoms with E-state index >= 15 is 0 Å². The van der Waals surface area contributed by atoms with Gasteiger partial charge in [0, 0.05) is 5.56 Å². The third kappa shape index (κ3) is 2.93. The summed E-state index contributed by atoms with van der Waals surface area (Å²) < 4.78 is 5.80. The molecule has 0 atom stereocenters. The van der Waals surface area contributed by atoms with Crippen molar-refractivity contribution in [2.45, 2.75) is 12.8 Å². The molecule has 0 saturated heterocycles. The quantitative estimate of drug-likeness (QED) is 0.696. The van der Waals surface area contributed by atoms with E-state index in [0.717, 1.165) is 16.9 Å². The zero-order chi connectivity index (χ0) is 12.3. The molecule has 2 rings (SSSR count). The lowest BCUT2D eigenvalue weighted by atomic mass is 10.2. The van der Waals surface area contributed by atoms with Gasteiger partial charge in [-0.2, -0.15) is 0 Å². The molecule has 0 saturated carbocycles. The molecule has 2 aromatic carbocycles. The van der Waals surface area contributed by atoms with Gasteiger partial charge in [0.15, 0.2) is 0 Å². The second kappa shape index (κ2) is 5.44. The van der Waals surface area contributed by atoms with Crippen molar-refractivity contribution in [3.8, 4) is 11.5 Å². The maximum atomic E-state index is 6.08. The van der Waals surface area contributed by atoms with Crippen molar-refractivity contribution in [1.82, 2.24) is 0 Å². The Morgan fingerprint density at radius 3 is 2.59 bits per heavy atom. The summed E-state index contributed by atoms with van der Waals surface area (Å²) in [5.41, 5.74) is 2.06. The highest BCUT2D eigenvalue weighted by molar-refractivity contribution is 6.32. The normalized spacial score (nSPS) is 10.3.